The summed E-state index contributed by atoms with van der Waals surface area (Å²) in [6, 6.07) is 0. The van der Waals surface area contributed by atoms with E-state index < -0.39 is 0 Å². The van der Waals surface area contributed by atoms with Gasteiger partial charge in [0, 0.05) is 10.8 Å². The van der Waals surface area contributed by atoms with Gasteiger partial charge in [0.15, 0.2) is 5.78 Å². The number of ketones is 1. The van der Waals surface area contributed by atoms with Crippen LogP contribution in [-0.4, -0.2) is 5.78 Å². The third kappa shape index (κ3) is 0.511. The molecule has 0 aliphatic heterocycles. The molecule has 1 aliphatic rings. The van der Waals surface area contributed by atoms with Gasteiger partial charge in [-0.05, 0) is 5.57 Å². The topological polar surface area (TPSA) is 17.1 Å². The third-order valence-corrected chi connectivity index (χ3v) is 3.16. The van der Waals surface area contributed by atoms with Gasteiger partial charge in [-0.15, -0.1) is 0 Å². The van der Waals surface area contributed by atoms with Gasteiger partial charge in [-0.3, -0.25) is 4.79 Å². The van der Waals surface area contributed by atoms with Gasteiger partial charge in [-0.25, -0.2) is 0 Å². The van der Waals surface area contributed by atoms with Crippen LogP contribution in [-0.2, 0) is 4.79 Å². The molecule has 56 valence electrons. The van der Waals surface area contributed by atoms with E-state index in [0.29, 0.717) is 0 Å². The summed E-state index contributed by atoms with van der Waals surface area (Å²) in [5, 5.41) is 0. The van der Waals surface area contributed by atoms with Crippen LogP contribution in [0.5, 0.6) is 0 Å². The van der Waals surface area contributed by atoms with Crippen molar-refractivity contribution in [3.05, 3.63) is 12.2 Å². The minimum atomic E-state index is -0.190. The van der Waals surface area contributed by atoms with E-state index in [-0.39, 0.29) is 16.6 Å². The van der Waals surface area contributed by atoms with Gasteiger partial charge in [0.1, 0.15) is 0 Å². The van der Waals surface area contributed by atoms with Gasteiger partial charge in [0.05, 0.1) is 0 Å². The van der Waals surface area contributed by atoms with Crippen molar-refractivity contribution < 1.29 is 4.79 Å². The molecular formula is C9H14O. The Morgan fingerprint density at radius 2 is 1.50 bits per heavy atom. The first-order valence-corrected chi connectivity index (χ1v) is 3.56. The van der Waals surface area contributed by atoms with E-state index in [1.54, 1.807) is 0 Å². The highest BCUT2D eigenvalue weighted by atomic mass is 16.1. The average Bonchev–Trinajstić information content (AvgIpc) is 1.84. The zero-order valence-corrected chi connectivity index (χ0v) is 7.12. The first kappa shape index (κ1) is 7.52. The summed E-state index contributed by atoms with van der Waals surface area (Å²) < 4.78 is 0. The third-order valence-electron chi connectivity index (χ3n) is 3.16. The lowest BCUT2D eigenvalue weighted by Gasteiger charge is -2.51. The Balaban J connectivity index is 3.04. The van der Waals surface area contributed by atoms with Crippen molar-refractivity contribution >= 4 is 5.78 Å². The van der Waals surface area contributed by atoms with Crippen molar-refractivity contribution in [2.45, 2.75) is 27.7 Å². The molecule has 0 amide bonds. The molecule has 0 bridgehead atoms. The number of Topliss-reactive ketones (excluding diaryl/α,β-unsaturated/α-hetero) is 1. The summed E-state index contributed by atoms with van der Waals surface area (Å²) in [6.07, 6.45) is 0. The Morgan fingerprint density at radius 1 is 1.10 bits per heavy atom. The molecule has 0 unspecified atom stereocenters. The molecule has 1 saturated carbocycles. The number of hydrogen-bond acceptors (Lipinski definition) is 1. The number of carbonyl (C=O) groups excluding carboxylic acids is 1. The highest BCUT2D eigenvalue weighted by molar-refractivity contribution is 6.08. The molecule has 1 heteroatoms. The van der Waals surface area contributed by atoms with E-state index in [0.717, 1.165) is 5.57 Å². The molecule has 0 atom stereocenters. The fourth-order valence-electron chi connectivity index (χ4n) is 1.26. The van der Waals surface area contributed by atoms with Crippen molar-refractivity contribution in [1.29, 1.82) is 0 Å². The number of hydrogen-bond donors (Lipinski definition) is 0. The first-order valence-electron chi connectivity index (χ1n) is 3.56. The lowest BCUT2D eigenvalue weighted by Crippen LogP contribution is -2.54. The van der Waals surface area contributed by atoms with Gasteiger partial charge in [0.2, 0.25) is 0 Å². The number of allylic oxidation sites excluding steroid dienone is 1. The molecule has 10 heavy (non-hydrogen) atoms. The number of carbonyl (C=O) groups is 1. The fraction of sp³-hybridized carbons (Fsp3) is 0.667. The second-order valence-corrected chi connectivity index (χ2v) is 4.06. The Bertz CT molecular complexity index is 185. The highest BCUT2D eigenvalue weighted by Crippen LogP contribution is 2.55. The van der Waals surface area contributed by atoms with Crippen LogP contribution in [0.15, 0.2) is 12.2 Å². The van der Waals surface area contributed by atoms with Gasteiger partial charge in [0.25, 0.3) is 0 Å². The summed E-state index contributed by atoms with van der Waals surface area (Å²) in [5.41, 5.74) is 0.589. The maximum absolute atomic E-state index is 11.2. The van der Waals surface area contributed by atoms with E-state index in [1.807, 2.05) is 13.8 Å². The molecule has 0 heterocycles. The Hall–Kier alpha value is -0.590. The fourth-order valence-corrected chi connectivity index (χ4v) is 1.26. The zero-order chi connectivity index (χ0) is 8.15. The number of rotatable bonds is 0. The van der Waals surface area contributed by atoms with Gasteiger partial charge in [-0.2, -0.15) is 0 Å². The van der Waals surface area contributed by atoms with Crippen molar-refractivity contribution in [2.75, 3.05) is 0 Å². The van der Waals surface area contributed by atoms with Crippen molar-refractivity contribution in [1.82, 2.24) is 0 Å². The summed E-state index contributed by atoms with van der Waals surface area (Å²) in [5.74, 6) is 0.220. The molecule has 1 nitrogen and oxygen atoms in total. The summed E-state index contributed by atoms with van der Waals surface area (Å²) in [4.78, 5) is 11.2. The van der Waals surface area contributed by atoms with Crippen LogP contribution in [0.1, 0.15) is 27.7 Å². The Labute approximate surface area is 62.1 Å². The summed E-state index contributed by atoms with van der Waals surface area (Å²) in [6.45, 7) is 11.8. The van der Waals surface area contributed by atoms with Gasteiger partial charge >= 0.3 is 0 Å². The van der Waals surface area contributed by atoms with Crippen molar-refractivity contribution in [3.8, 4) is 0 Å². The summed E-state index contributed by atoms with van der Waals surface area (Å²) >= 11 is 0. The van der Waals surface area contributed by atoms with E-state index in [9.17, 15) is 4.79 Å². The van der Waals surface area contributed by atoms with E-state index >= 15 is 0 Å². The molecule has 0 radical (unpaired) electrons. The Kier molecular flexibility index (Phi) is 1.15. The highest BCUT2D eigenvalue weighted by Gasteiger charge is 2.56. The summed E-state index contributed by atoms with van der Waals surface area (Å²) in [7, 11) is 0. The second-order valence-electron chi connectivity index (χ2n) is 4.06. The smallest absolute Gasteiger partial charge is 0.165 e. The van der Waals surface area contributed by atoms with Crippen LogP contribution in [0.3, 0.4) is 0 Å². The molecule has 0 N–H and O–H groups in total. The van der Waals surface area contributed by atoms with E-state index in [4.69, 9.17) is 0 Å². The maximum atomic E-state index is 11.2. The van der Waals surface area contributed by atoms with Crippen LogP contribution in [0, 0.1) is 10.8 Å². The van der Waals surface area contributed by atoms with E-state index in [2.05, 4.69) is 20.4 Å². The maximum Gasteiger partial charge on any atom is 0.165 e. The average molecular weight is 138 g/mol. The molecule has 0 saturated heterocycles. The lowest BCUT2D eigenvalue weighted by atomic mass is 9.49. The molecule has 0 aromatic rings. The second kappa shape index (κ2) is 1.52. The van der Waals surface area contributed by atoms with Gasteiger partial charge in [-0.1, -0.05) is 34.3 Å². The SMILES string of the molecule is C=C1C(=O)C(C)(C)C1(C)C. The van der Waals surface area contributed by atoms with Crippen LogP contribution in [0.25, 0.3) is 0 Å². The predicted octanol–water partition coefficient (Wildman–Crippen LogP) is 2.18. The molecule has 0 aromatic heterocycles. The predicted molar refractivity (Wildman–Crippen MR) is 41.7 cm³/mol. The zero-order valence-electron chi connectivity index (χ0n) is 7.12. The first-order chi connectivity index (χ1) is 4.32. The monoisotopic (exact) mass is 138 g/mol. The van der Waals surface area contributed by atoms with Crippen LogP contribution >= 0.6 is 0 Å². The Morgan fingerprint density at radius 3 is 1.60 bits per heavy atom. The van der Waals surface area contributed by atoms with E-state index in [1.165, 1.54) is 0 Å². The molecule has 1 fully saturated rings. The van der Waals surface area contributed by atoms with Gasteiger partial charge < -0.3 is 0 Å². The van der Waals surface area contributed by atoms with Crippen LogP contribution in [0.2, 0.25) is 0 Å². The minimum absolute atomic E-state index is 0.00405. The normalized spacial score (nSPS) is 28.0. The quantitative estimate of drug-likeness (QED) is 0.469. The lowest BCUT2D eigenvalue weighted by molar-refractivity contribution is -0.139. The van der Waals surface area contributed by atoms with Crippen LogP contribution in [0.4, 0.5) is 0 Å². The van der Waals surface area contributed by atoms with Crippen LogP contribution < -0.4 is 0 Å². The molecule has 0 spiro atoms. The standard InChI is InChI=1S/C9H14O/c1-6-7(10)9(4,5)8(6,2)3/h1H2,2-5H3. The largest absolute Gasteiger partial charge is 0.294 e. The van der Waals surface area contributed by atoms with Crippen molar-refractivity contribution in [3.63, 3.8) is 0 Å². The minimum Gasteiger partial charge on any atom is -0.294 e. The van der Waals surface area contributed by atoms with Crippen molar-refractivity contribution in [2.24, 2.45) is 10.8 Å². The molecule has 0 aromatic carbocycles. The molecule has 1 aliphatic carbocycles. The molecular weight excluding hydrogens is 124 g/mol. The molecule has 1 rings (SSSR count).